The van der Waals surface area contributed by atoms with Gasteiger partial charge in [0.2, 0.25) is 0 Å². The fraction of sp³-hybridized carbons (Fsp3) is 0.0769. The van der Waals surface area contributed by atoms with E-state index < -0.39 is 4.33 Å². The molecule has 15 heavy (non-hydrogen) atoms. The Morgan fingerprint density at radius 1 is 0.667 bits per heavy atom. The molecule has 0 N–H and O–H groups in total. The number of alkyl halides is 2. The molecule has 0 saturated carbocycles. The van der Waals surface area contributed by atoms with Gasteiger partial charge in [0.05, 0.1) is 0 Å². The maximum Gasteiger partial charge on any atom is 0.169 e. The molecule has 0 aromatic heterocycles. The van der Waals surface area contributed by atoms with E-state index in [0.717, 1.165) is 22.3 Å². The van der Waals surface area contributed by atoms with Gasteiger partial charge in [-0.2, -0.15) is 0 Å². The van der Waals surface area contributed by atoms with E-state index in [9.17, 15) is 0 Å². The molecule has 0 bridgehead atoms. The lowest BCUT2D eigenvalue weighted by molar-refractivity contribution is 1.09. The SMILES string of the molecule is ClC1(Cl)c2ccccc2-c2ccccc21. The molecule has 1 aliphatic carbocycles. The fourth-order valence-corrected chi connectivity index (χ4v) is 2.79. The summed E-state index contributed by atoms with van der Waals surface area (Å²) in [6.45, 7) is 0. The summed E-state index contributed by atoms with van der Waals surface area (Å²) in [6.07, 6.45) is 0. The van der Waals surface area contributed by atoms with E-state index in [1.807, 2.05) is 36.4 Å². The summed E-state index contributed by atoms with van der Waals surface area (Å²) in [6, 6.07) is 16.0. The zero-order valence-electron chi connectivity index (χ0n) is 7.87. The zero-order valence-corrected chi connectivity index (χ0v) is 9.39. The molecule has 0 heterocycles. The highest BCUT2D eigenvalue weighted by molar-refractivity contribution is 6.51. The number of fused-ring (bicyclic) bond motifs is 3. The van der Waals surface area contributed by atoms with Crippen LogP contribution in [0.1, 0.15) is 11.1 Å². The van der Waals surface area contributed by atoms with Crippen molar-refractivity contribution in [2.45, 2.75) is 4.33 Å². The second-order valence-electron chi connectivity index (χ2n) is 3.67. The molecule has 0 nitrogen and oxygen atoms in total. The van der Waals surface area contributed by atoms with Gasteiger partial charge < -0.3 is 0 Å². The van der Waals surface area contributed by atoms with Gasteiger partial charge in [-0.15, -0.1) is 0 Å². The minimum atomic E-state index is -0.896. The maximum atomic E-state index is 6.39. The van der Waals surface area contributed by atoms with Crippen LogP contribution in [0.5, 0.6) is 0 Å². The van der Waals surface area contributed by atoms with E-state index in [2.05, 4.69) is 12.1 Å². The normalized spacial score (nSPS) is 15.9. The average molecular weight is 235 g/mol. The van der Waals surface area contributed by atoms with Gasteiger partial charge in [-0.1, -0.05) is 71.7 Å². The molecule has 0 fully saturated rings. The van der Waals surface area contributed by atoms with Crippen LogP contribution in [0.25, 0.3) is 11.1 Å². The summed E-state index contributed by atoms with van der Waals surface area (Å²) in [5.74, 6) is 0. The lowest BCUT2D eigenvalue weighted by Crippen LogP contribution is -2.06. The summed E-state index contributed by atoms with van der Waals surface area (Å²) in [5, 5.41) is 0. The summed E-state index contributed by atoms with van der Waals surface area (Å²) in [4.78, 5) is 0. The Morgan fingerprint density at radius 2 is 1.07 bits per heavy atom. The molecular formula is C13H8Cl2. The molecule has 2 aromatic rings. The summed E-state index contributed by atoms with van der Waals surface area (Å²) >= 11 is 12.8. The highest BCUT2D eigenvalue weighted by atomic mass is 35.5. The standard InChI is InChI=1S/C13H8Cl2/c14-13(15)11-7-3-1-5-9(11)10-6-2-4-8-12(10)13/h1-8H. The predicted molar refractivity (Wildman–Crippen MR) is 64.4 cm³/mol. The summed E-state index contributed by atoms with van der Waals surface area (Å²) in [5.41, 5.74) is 4.24. The van der Waals surface area contributed by atoms with Gasteiger partial charge in [0.1, 0.15) is 0 Å². The third-order valence-corrected chi connectivity index (χ3v) is 3.64. The molecule has 0 saturated heterocycles. The first-order valence-electron chi connectivity index (χ1n) is 4.78. The van der Waals surface area contributed by atoms with Crippen LogP contribution in [0.2, 0.25) is 0 Å². The molecule has 0 spiro atoms. The zero-order chi connectivity index (χ0) is 10.5. The van der Waals surface area contributed by atoms with E-state index >= 15 is 0 Å². The second-order valence-corrected chi connectivity index (χ2v) is 4.99. The third-order valence-electron chi connectivity index (χ3n) is 2.82. The lowest BCUT2D eigenvalue weighted by atomic mass is 10.1. The highest BCUT2D eigenvalue weighted by Crippen LogP contribution is 2.53. The first-order chi connectivity index (χ1) is 7.21. The smallest absolute Gasteiger partial charge is 0.0909 e. The van der Waals surface area contributed by atoms with Crippen molar-refractivity contribution in [3.05, 3.63) is 59.7 Å². The largest absolute Gasteiger partial charge is 0.169 e. The van der Waals surface area contributed by atoms with Crippen LogP contribution in [0.4, 0.5) is 0 Å². The Balaban J connectivity index is 2.42. The van der Waals surface area contributed by atoms with Crippen LogP contribution in [0, 0.1) is 0 Å². The Labute approximate surface area is 98.5 Å². The Morgan fingerprint density at radius 3 is 1.53 bits per heavy atom. The van der Waals surface area contributed by atoms with Crippen molar-refractivity contribution < 1.29 is 0 Å². The van der Waals surface area contributed by atoms with Crippen molar-refractivity contribution in [1.82, 2.24) is 0 Å². The van der Waals surface area contributed by atoms with E-state index in [-0.39, 0.29) is 0 Å². The summed E-state index contributed by atoms with van der Waals surface area (Å²) in [7, 11) is 0. The van der Waals surface area contributed by atoms with Crippen molar-refractivity contribution in [2.24, 2.45) is 0 Å². The molecule has 0 radical (unpaired) electrons. The number of rotatable bonds is 0. The quantitative estimate of drug-likeness (QED) is 0.595. The monoisotopic (exact) mass is 234 g/mol. The number of hydrogen-bond acceptors (Lipinski definition) is 0. The Bertz CT molecular complexity index is 482. The number of hydrogen-bond donors (Lipinski definition) is 0. The van der Waals surface area contributed by atoms with Crippen molar-refractivity contribution in [2.75, 3.05) is 0 Å². The van der Waals surface area contributed by atoms with Crippen molar-refractivity contribution in [3.8, 4) is 11.1 Å². The van der Waals surface area contributed by atoms with Gasteiger partial charge in [0.15, 0.2) is 4.33 Å². The molecule has 2 aromatic carbocycles. The average Bonchev–Trinajstić information content (AvgIpc) is 2.51. The molecule has 0 amide bonds. The first kappa shape index (κ1) is 9.26. The van der Waals surface area contributed by atoms with Crippen molar-refractivity contribution in [3.63, 3.8) is 0 Å². The van der Waals surface area contributed by atoms with E-state index in [1.54, 1.807) is 0 Å². The number of benzene rings is 2. The Hall–Kier alpha value is -0.980. The molecule has 0 unspecified atom stereocenters. The van der Waals surface area contributed by atoms with Crippen LogP contribution in [-0.4, -0.2) is 0 Å². The molecular weight excluding hydrogens is 227 g/mol. The third kappa shape index (κ3) is 1.15. The van der Waals surface area contributed by atoms with Gasteiger partial charge in [-0.3, -0.25) is 0 Å². The fourth-order valence-electron chi connectivity index (χ4n) is 2.13. The van der Waals surface area contributed by atoms with Gasteiger partial charge in [-0.25, -0.2) is 0 Å². The minimum absolute atomic E-state index is 0.896. The van der Waals surface area contributed by atoms with Crippen LogP contribution >= 0.6 is 23.2 Å². The van der Waals surface area contributed by atoms with Crippen LogP contribution in [0.3, 0.4) is 0 Å². The molecule has 0 atom stereocenters. The predicted octanol–water partition coefficient (Wildman–Crippen LogP) is 4.35. The first-order valence-corrected chi connectivity index (χ1v) is 5.54. The molecule has 3 rings (SSSR count). The highest BCUT2D eigenvalue weighted by Gasteiger charge is 2.39. The van der Waals surface area contributed by atoms with Crippen molar-refractivity contribution >= 4 is 23.2 Å². The molecule has 0 aliphatic heterocycles. The van der Waals surface area contributed by atoms with Gasteiger partial charge in [0.25, 0.3) is 0 Å². The van der Waals surface area contributed by atoms with E-state index in [1.165, 1.54) is 0 Å². The molecule has 2 heteroatoms. The topological polar surface area (TPSA) is 0 Å². The van der Waals surface area contributed by atoms with Gasteiger partial charge in [-0.05, 0) is 11.1 Å². The second kappa shape index (κ2) is 3.01. The maximum absolute atomic E-state index is 6.39. The molecule has 74 valence electrons. The van der Waals surface area contributed by atoms with Crippen LogP contribution in [0.15, 0.2) is 48.5 Å². The van der Waals surface area contributed by atoms with Crippen LogP contribution in [-0.2, 0) is 4.33 Å². The molecule has 1 aliphatic rings. The minimum Gasteiger partial charge on any atom is -0.0909 e. The van der Waals surface area contributed by atoms with E-state index in [4.69, 9.17) is 23.2 Å². The number of halogens is 2. The van der Waals surface area contributed by atoms with Gasteiger partial charge in [0, 0.05) is 11.1 Å². The summed E-state index contributed by atoms with van der Waals surface area (Å²) < 4.78 is -0.896. The Kier molecular flexibility index (Phi) is 1.86. The van der Waals surface area contributed by atoms with Crippen molar-refractivity contribution in [1.29, 1.82) is 0 Å². The van der Waals surface area contributed by atoms with E-state index in [0.29, 0.717) is 0 Å². The van der Waals surface area contributed by atoms with Gasteiger partial charge >= 0.3 is 0 Å². The van der Waals surface area contributed by atoms with Crippen LogP contribution < -0.4 is 0 Å². The lowest BCUT2D eigenvalue weighted by Gasteiger charge is -2.14.